The second kappa shape index (κ2) is 6.96. The SMILES string of the molecule is CN1c2c(cc(C(=O)C(F)(F)F)c3ccccc23)[C@]2(C(F)(F)F)O[C@H]1CC2c1ccccc1. The lowest BCUT2D eigenvalue weighted by atomic mass is 9.75. The van der Waals surface area contributed by atoms with Crippen LogP contribution >= 0.6 is 0 Å². The van der Waals surface area contributed by atoms with Gasteiger partial charge in [-0.05, 0) is 17.0 Å². The first-order valence-electron chi connectivity index (χ1n) is 10.2. The fourth-order valence-electron chi connectivity index (χ4n) is 5.18. The van der Waals surface area contributed by atoms with Crippen LogP contribution in [0, 0.1) is 0 Å². The number of ether oxygens (including phenoxy) is 1. The lowest BCUT2D eigenvalue weighted by Gasteiger charge is -2.44. The molecule has 0 aromatic heterocycles. The smallest absolute Gasteiger partial charge is 0.348 e. The van der Waals surface area contributed by atoms with E-state index in [1.165, 1.54) is 29.2 Å². The largest absolute Gasteiger partial charge is 0.454 e. The molecule has 3 atom stereocenters. The minimum atomic E-state index is -5.25. The van der Waals surface area contributed by atoms with Gasteiger partial charge in [-0.1, -0.05) is 54.6 Å². The summed E-state index contributed by atoms with van der Waals surface area (Å²) in [4.78, 5) is 13.8. The van der Waals surface area contributed by atoms with E-state index in [0.29, 0.717) is 5.56 Å². The van der Waals surface area contributed by atoms with Crippen molar-refractivity contribution in [3.8, 4) is 0 Å². The molecule has 0 radical (unpaired) electrons. The van der Waals surface area contributed by atoms with Gasteiger partial charge in [-0.2, -0.15) is 26.3 Å². The third-order valence-corrected chi connectivity index (χ3v) is 6.58. The molecule has 3 aromatic carbocycles. The number of carbonyl (C=O) groups is 1. The van der Waals surface area contributed by atoms with Gasteiger partial charge in [0.2, 0.25) is 0 Å². The van der Waals surface area contributed by atoms with Gasteiger partial charge < -0.3 is 9.64 Å². The number of hydrogen-bond donors (Lipinski definition) is 0. The van der Waals surface area contributed by atoms with E-state index in [1.807, 2.05) is 0 Å². The normalized spacial score (nSPS) is 24.8. The van der Waals surface area contributed by atoms with Gasteiger partial charge in [0, 0.05) is 35.9 Å². The molecule has 2 aliphatic heterocycles. The van der Waals surface area contributed by atoms with Crippen LogP contribution in [0.5, 0.6) is 0 Å². The van der Waals surface area contributed by atoms with Crippen molar-refractivity contribution in [2.24, 2.45) is 0 Å². The molecular formula is C24H17F6NO2. The highest BCUT2D eigenvalue weighted by molar-refractivity contribution is 6.14. The van der Waals surface area contributed by atoms with E-state index in [9.17, 15) is 31.1 Å². The molecule has 1 fully saturated rings. The Hall–Kier alpha value is -3.07. The zero-order valence-electron chi connectivity index (χ0n) is 17.2. The Labute approximate surface area is 184 Å². The molecule has 33 heavy (non-hydrogen) atoms. The fraction of sp³-hybridized carbons (Fsp3) is 0.292. The summed E-state index contributed by atoms with van der Waals surface area (Å²) in [7, 11) is 1.55. The minimum Gasteiger partial charge on any atom is -0.348 e. The summed E-state index contributed by atoms with van der Waals surface area (Å²) >= 11 is 0. The van der Waals surface area contributed by atoms with Gasteiger partial charge in [-0.3, -0.25) is 4.79 Å². The number of fused-ring (bicyclic) bond motifs is 6. The quantitative estimate of drug-likeness (QED) is 0.328. The van der Waals surface area contributed by atoms with Gasteiger partial charge in [0.25, 0.3) is 5.78 Å². The van der Waals surface area contributed by atoms with Crippen molar-refractivity contribution < 1.29 is 35.9 Å². The maximum atomic E-state index is 14.9. The Morgan fingerprint density at radius 2 is 1.58 bits per heavy atom. The molecule has 3 nitrogen and oxygen atoms in total. The molecule has 0 aliphatic carbocycles. The number of halogens is 6. The van der Waals surface area contributed by atoms with Crippen LogP contribution in [0.4, 0.5) is 32.0 Å². The van der Waals surface area contributed by atoms with Crippen LogP contribution in [0.1, 0.15) is 33.8 Å². The Bertz CT molecular complexity index is 1250. The van der Waals surface area contributed by atoms with Gasteiger partial charge in [-0.25, -0.2) is 0 Å². The predicted molar refractivity (Wildman–Crippen MR) is 109 cm³/mol. The zero-order valence-corrected chi connectivity index (χ0v) is 17.2. The molecule has 0 N–H and O–H groups in total. The molecule has 2 heterocycles. The fourth-order valence-corrected chi connectivity index (χ4v) is 5.18. The summed E-state index contributed by atoms with van der Waals surface area (Å²) in [6, 6.07) is 14.4. The molecule has 1 unspecified atom stereocenters. The van der Waals surface area contributed by atoms with Crippen molar-refractivity contribution in [3.63, 3.8) is 0 Å². The summed E-state index contributed by atoms with van der Waals surface area (Å²) in [6.07, 6.45) is -11.2. The monoisotopic (exact) mass is 465 g/mol. The van der Waals surface area contributed by atoms with E-state index >= 15 is 0 Å². The van der Waals surface area contributed by atoms with E-state index < -0.39 is 47.0 Å². The standard InChI is InChI=1S/C24H17F6NO2/c1-31-19-12-17(13-7-3-2-4-8-13)22(33-19,24(28,29)30)18-11-16(21(32)23(25,26)27)14-9-5-6-10-15(14)20(18)31/h2-11,17,19H,12H2,1H3/t17?,19-,22+/m0/s1. The molecule has 2 aliphatic rings. The molecule has 2 bridgehead atoms. The van der Waals surface area contributed by atoms with Crippen LogP contribution < -0.4 is 4.90 Å². The van der Waals surface area contributed by atoms with Gasteiger partial charge in [0.05, 0.1) is 5.69 Å². The van der Waals surface area contributed by atoms with Crippen LogP contribution in [0.15, 0.2) is 60.7 Å². The number of alkyl halides is 6. The molecular weight excluding hydrogens is 448 g/mol. The number of carbonyl (C=O) groups excluding carboxylic acids is 1. The van der Waals surface area contributed by atoms with Gasteiger partial charge in [0.1, 0.15) is 6.23 Å². The summed E-state index contributed by atoms with van der Waals surface area (Å²) < 4.78 is 90.5. The van der Waals surface area contributed by atoms with E-state index in [2.05, 4.69) is 0 Å². The highest BCUT2D eigenvalue weighted by Crippen LogP contribution is 2.64. The first kappa shape index (κ1) is 21.8. The molecule has 5 rings (SSSR count). The Morgan fingerprint density at radius 1 is 0.970 bits per heavy atom. The Balaban J connectivity index is 1.89. The summed E-state index contributed by atoms with van der Waals surface area (Å²) in [5, 5.41) is 0.0843. The number of benzene rings is 3. The average Bonchev–Trinajstić information content (AvgIpc) is 3.15. The van der Waals surface area contributed by atoms with E-state index in [1.54, 1.807) is 37.4 Å². The van der Waals surface area contributed by atoms with Crippen molar-refractivity contribution >= 4 is 22.2 Å². The summed E-state index contributed by atoms with van der Waals surface area (Å²) in [5.41, 5.74) is -3.72. The maximum absolute atomic E-state index is 14.9. The third kappa shape index (κ3) is 2.98. The van der Waals surface area contributed by atoms with Crippen LogP contribution in [-0.4, -0.2) is 31.4 Å². The van der Waals surface area contributed by atoms with Crippen LogP contribution in [-0.2, 0) is 10.3 Å². The van der Waals surface area contributed by atoms with E-state index in [-0.39, 0.29) is 22.9 Å². The number of ketones is 1. The summed E-state index contributed by atoms with van der Waals surface area (Å²) in [6.45, 7) is 0. The average molecular weight is 465 g/mol. The molecule has 172 valence electrons. The second-order valence-electron chi connectivity index (χ2n) is 8.31. The molecule has 1 saturated heterocycles. The second-order valence-corrected chi connectivity index (χ2v) is 8.31. The predicted octanol–water partition coefficient (Wildman–Crippen LogP) is 6.32. The van der Waals surface area contributed by atoms with Crippen LogP contribution in [0.2, 0.25) is 0 Å². The van der Waals surface area contributed by atoms with Crippen molar-refractivity contribution in [1.29, 1.82) is 0 Å². The number of hydrogen-bond acceptors (Lipinski definition) is 3. The Morgan fingerprint density at radius 3 is 2.18 bits per heavy atom. The molecule has 9 heteroatoms. The summed E-state index contributed by atoms with van der Waals surface area (Å²) in [5.74, 6) is -3.40. The number of Topliss-reactive ketones (excluding diaryl/α,β-unsaturated/α-hetero) is 1. The minimum absolute atomic E-state index is 0.0222. The topological polar surface area (TPSA) is 29.5 Å². The molecule has 0 amide bonds. The molecule has 0 spiro atoms. The highest BCUT2D eigenvalue weighted by Gasteiger charge is 2.70. The van der Waals surface area contributed by atoms with Crippen molar-refractivity contribution in [2.45, 2.75) is 36.5 Å². The zero-order chi connectivity index (χ0) is 23.8. The first-order chi connectivity index (χ1) is 15.5. The highest BCUT2D eigenvalue weighted by atomic mass is 19.4. The number of rotatable bonds is 2. The number of nitrogens with zero attached hydrogens (tertiary/aromatic N) is 1. The van der Waals surface area contributed by atoms with Gasteiger partial charge >= 0.3 is 12.4 Å². The van der Waals surface area contributed by atoms with E-state index in [4.69, 9.17) is 4.74 Å². The first-order valence-corrected chi connectivity index (χ1v) is 10.2. The lowest BCUT2D eigenvalue weighted by Crippen LogP contribution is -2.51. The Kier molecular flexibility index (Phi) is 4.59. The maximum Gasteiger partial charge on any atom is 0.454 e. The third-order valence-electron chi connectivity index (χ3n) is 6.58. The van der Waals surface area contributed by atoms with Crippen LogP contribution in [0.3, 0.4) is 0 Å². The van der Waals surface area contributed by atoms with Crippen molar-refractivity contribution in [1.82, 2.24) is 0 Å². The number of anilines is 1. The molecule has 3 aromatic rings. The molecule has 0 saturated carbocycles. The van der Waals surface area contributed by atoms with Crippen molar-refractivity contribution in [3.05, 3.63) is 77.4 Å². The van der Waals surface area contributed by atoms with Gasteiger partial charge in [-0.15, -0.1) is 0 Å². The van der Waals surface area contributed by atoms with Crippen molar-refractivity contribution in [2.75, 3.05) is 11.9 Å². The van der Waals surface area contributed by atoms with Crippen LogP contribution in [0.25, 0.3) is 10.8 Å². The lowest BCUT2D eigenvalue weighted by molar-refractivity contribution is -0.285. The van der Waals surface area contributed by atoms with Gasteiger partial charge in [0.15, 0.2) is 5.60 Å². The van der Waals surface area contributed by atoms with E-state index in [0.717, 1.165) is 6.07 Å².